The van der Waals surface area contributed by atoms with E-state index < -0.39 is 0 Å². The Labute approximate surface area is 137 Å². The molecule has 3 heteroatoms. The molecular weight excluding hydrogens is 276 g/mol. The van der Waals surface area contributed by atoms with Crippen molar-refractivity contribution in [3.05, 3.63) is 0 Å². The lowest BCUT2D eigenvalue weighted by Crippen LogP contribution is -2.52. The van der Waals surface area contributed by atoms with Gasteiger partial charge in [-0.05, 0) is 75.4 Å². The summed E-state index contributed by atoms with van der Waals surface area (Å²) in [6, 6.07) is 0.961. The highest BCUT2D eigenvalue weighted by Crippen LogP contribution is 2.36. The van der Waals surface area contributed by atoms with Crippen molar-refractivity contribution in [1.29, 1.82) is 0 Å². The van der Waals surface area contributed by atoms with Gasteiger partial charge in [0.05, 0.1) is 0 Å². The summed E-state index contributed by atoms with van der Waals surface area (Å²) in [5.41, 5.74) is 0. The van der Waals surface area contributed by atoms with Gasteiger partial charge in [0.1, 0.15) is 0 Å². The van der Waals surface area contributed by atoms with Crippen LogP contribution in [0, 0.1) is 23.7 Å². The van der Waals surface area contributed by atoms with E-state index in [1.54, 1.807) is 0 Å². The van der Waals surface area contributed by atoms with E-state index in [1.165, 1.54) is 32.1 Å². The second-order valence-electron chi connectivity index (χ2n) is 8.01. The van der Waals surface area contributed by atoms with Crippen molar-refractivity contribution >= 4 is 17.3 Å². The Balaban J connectivity index is 2.74. The van der Waals surface area contributed by atoms with Crippen molar-refractivity contribution in [2.24, 2.45) is 23.7 Å². The smallest absolute Gasteiger partial charge is 0.166 e. The van der Waals surface area contributed by atoms with Crippen LogP contribution in [0.1, 0.15) is 73.6 Å². The Kier molecular flexibility index (Phi) is 8.00. The van der Waals surface area contributed by atoms with Crippen LogP contribution in [-0.4, -0.2) is 17.2 Å². The number of thiocarbonyl (C=S) groups is 1. The highest BCUT2D eigenvalue weighted by Gasteiger charge is 2.34. The molecule has 1 fully saturated rings. The zero-order chi connectivity index (χ0) is 16.0. The molecule has 124 valence electrons. The minimum absolute atomic E-state index is 0.403. The maximum absolute atomic E-state index is 5.52. The van der Waals surface area contributed by atoms with Crippen molar-refractivity contribution in [2.75, 3.05) is 0 Å². The van der Waals surface area contributed by atoms with E-state index in [4.69, 9.17) is 12.2 Å². The van der Waals surface area contributed by atoms with Gasteiger partial charge in [0.25, 0.3) is 0 Å². The fourth-order valence-electron chi connectivity index (χ4n) is 3.82. The maximum atomic E-state index is 5.52. The molecule has 1 aliphatic carbocycles. The molecule has 2 atom stereocenters. The van der Waals surface area contributed by atoms with Crippen LogP contribution in [-0.2, 0) is 0 Å². The first-order valence-corrected chi connectivity index (χ1v) is 9.27. The maximum Gasteiger partial charge on any atom is 0.166 e. The summed E-state index contributed by atoms with van der Waals surface area (Å²) < 4.78 is 0. The molecule has 1 aliphatic rings. The third-order valence-corrected chi connectivity index (χ3v) is 4.67. The molecule has 21 heavy (non-hydrogen) atoms. The van der Waals surface area contributed by atoms with Crippen molar-refractivity contribution < 1.29 is 0 Å². The average molecular weight is 313 g/mol. The molecule has 0 aliphatic heterocycles. The Bertz CT molecular complexity index is 294. The van der Waals surface area contributed by atoms with Gasteiger partial charge in [-0.3, -0.25) is 0 Å². The minimum atomic E-state index is 0.403. The summed E-state index contributed by atoms with van der Waals surface area (Å²) in [4.78, 5) is 0. The quantitative estimate of drug-likeness (QED) is 0.693. The predicted molar refractivity (Wildman–Crippen MR) is 97.5 cm³/mol. The highest BCUT2D eigenvalue weighted by molar-refractivity contribution is 7.80. The Morgan fingerprint density at radius 1 is 0.952 bits per heavy atom. The van der Waals surface area contributed by atoms with Gasteiger partial charge < -0.3 is 10.6 Å². The van der Waals surface area contributed by atoms with E-state index in [-0.39, 0.29) is 0 Å². The van der Waals surface area contributed by atoms with E-state index in [0.717, 1.165) is 28.8 Å². The van der Waals surface area contributed by atoms with Crippen LogP contribution in [0.15, 0.2) is 0 Å². The molecule has 2 nitrogen and oxygen atoms in total. The molecule has 0 spiro atoms. The number of rotatable bonds is 6. The van der Waals surface area contributed by atoms with Crippen molar-refractivity contribution in [1.82, 2.24) is 10.6 Å². The van der Waals surface area contributed by atoms with Crippen LogP contribution < -0.4 is 10.6 Å². The lowest BCUT2D eigenvalue weighted by atomic mass is 9.71. The molecule has 2 unspecified atom stereocenters. The Hall–Kier alpha value is -0.310. The minimum Gasteiger partial charge on any atom is -0.361 e. The topological polar surface area (TPSA) is 24.1 Å². The van der Waals surface area contributed by atoms with Gasteiger partial charge in [-0.2, -0.15) is 0 Å². The number of hydrogen-bond acceptors (Lipinski definition) is 1. The first-order chi connectivity index (χ1) is 9.79. The number of nitrogens with one attached hydrogen (secondary N) is 2. The van der Waals surface area contributed by atoms with Gasteiger partial charge in [-0.15, -0.1) is 0 Å². The first-order valence-electron chi connectivity index (χ1n) is 8.86. The summed E-state index contributed by atoms with van der Waals surface area (Å²) in [6.45, 7) is 13.7. The van der Waals surface area contributed by atoms with Gasteiger partial charge in [-0.1, -0.05) is 34.1 Å². The van der Waals surface area contributed by atoms with E-state index in [1.807, 2.05) is 0 Å². The SMILES string of the molecule is CC(C)CC1CCCC(CC(C)C)C1NC(=S)NC(C)C. The number of hydrogen-bond donors (Lipinski definition) is 2. The van der Waals surface area contributed by atoms with Crippen molar-refractivity contribution in [2.45, 2.75) is 85.7 Å². The van der Waals surface area contributed by atoms with E-state index in [0.29, 0.717) is 12.1 Å². The Morgan fingerprint density at radius 2 is 1.43 bits per heavy atom. The summed E-state index contributed by atoms with van der Waals surface area (Å²) >= 11 is 5.52. The summed E-state index contributed by atoms with van der Waals surface area (Å²) in [6.07, 6.45) is 6.73. The van der Waals surface area contributed by atoms with E-state index >= 15 is 0 Å². The third-order valence-electron chi connectivity index (χ3n) is 4.43. The molecule has 0 aromatic heterocycles. The summed E-state index contributed by atoms with van der Waals surface area (Å²) in [5.74, 6) is 3.08. The van der Waals surface area contributed by atoms with Crippen LogP contribution in [0.4, 0.5) is 0 Å². The second-order valence-corrected chi connectivity index (χ2v) is 8.42. The molecule has 0 aromatic carbocycles. The first kappa shape index (κ1) is 18.7. The lowest BCUT2D eigenvalue weighted by molar-refractivity contribution is 0.159. The van der Waals surface area contributed by atoms with Gasteiger partial charge in [-0.25, -0.2) is 0 Å². The van der Waals surface area contributed by atoms with Gasteiger partial charge in [0.15, 0.2) is 5.11 Å². The molecule has 0 radical (unpaired) electrons. The highest BCUT2D eigenvalue weighted by atomic mass is 32.1. The predicted octanol–water partition coefficient (Wildman–Crippen LogP) is 4.74. The van der Waals surface area contributed by atoms with E-state index in [2.05, 4.69) is 52.2 Å². The average Bonchev–Trinajstić information content (AvgIpc) is 2.30. The van der Waals surface area contributed by atoms with Gasteiger partial charge >= 0.3 is 0 Å². The van der Waals surface area contributed by atoms with Crippen LogP contribution in [0.25, 0.3) is 0 Å². The molecule has 0 amide bonds. The Morgan fingerprint density at radius 3 is 1.81 bits per heavy atom. The van der Waals surface area contributed by atoms with Gasteiger partial charge in [0.2, 0.25) is 0 Å². The lowest BCUT2D eigenvalue weighted by Gasteiger charge is -2.41. The van der Waals surface area contributed by atoms with Gasteiger partial charge in [0, 0.05) is 12.1 Å². The summed E-state index contributed by atoms with van der Waals surface area (Å²) in [5, 5.41) is 7.89. The third kappa shape index (κ3) is 6.99. The monoisotopic (exact) mass is 312 g/mol. The standard InChI is InChI=1S/C18H36N2S/c1-12(2)10-15-8-7-9-16(11-13(3)4)17(15)20-18(21)19-14(5)6/h12-17H,7-11H2,1-6H3,(H2,19,20,21). The molecule has 1 rings (SSSR count). The van der Waals surface area contributed by atoms with Crippen LogP contribution in [0.3, 0.4) is 0 Å². The van der Waals surface area contributed by atoms with Crippen LogP contribution in [0.5, 0.6) is 0 Å². The zero-order valence-electron chi connectivity index (χ0n) is 14.9. The second kappa shape index (κ2) is 8.97. The van der Waals surface area contributed by atoms with Crippen LogP contribution in [0.2, 0.25) is 0 Å². The molecular formula is C18H36N2S. The molecule has 0 aromatic rings. The molecule has 2 N–H and O–H groups in total. The van der Waals surface area contributed by atoms with E-state index in [9.17, 15) is 0 Å². The van der Waals surface area contributed by atoms with Crippen LogP contribution >= 0.6 is 12.2 Å². The molecule has 0 saturated heterocycles. The summed E-state index contributed by atoms with van der Waals surface area (Å²) in [7, 11) is 0. The molecule has 0 bridgehead atoms. The fourth-order valence-corrected chi connectivity index (χ4v) is 4.19. The van der Waals surface area contributed by atoms with Crippen molar-refractivity contribution in [3.8, 4) is 0 Å². The molecule has 0 heterocycles. The zero-order valence-corrected chi connectivity index (χ0v) is 15.7. The fraction of sp³-hybridized carbons (Fsp3) is 0.944. The molecule has 1 saturated carbocycles. The largest absolute Gasteiger partial charge is 0.361 e. The normalized spacial score (nSPS) is 26.4. The van der Waals surface area contributed by atoms with Crippen molar-refractivity contribution in [3.63, 3.8) is 0 Å².